The van der Waals surface area contributed by atoms with E-state index in [9.17, 15) is 4.57 Å². The summed E-state index contributed by atoms with van der Waals surface area (Å²) in [6, 6.07) is 0. The van der Waals surface area contributed by atoms with Crippen LogP contribution in [0.2, 0.25) is 0 Å². The zero-order valence-electron chi connectivity index (χ0n) is 23.4. The van der Waals surface area contributed by atoms with Crippen LogP contribution in [0.15, 0.2) is 4.76 Å². The summed E-state index contributed by atoms with van der Waals surface area (Å²) in [6.45, 7) is 13.4. The summed E-state index contributed by atoms with van der Waals surface area (Å²) in [6.07, 6.45) is 18.9. The highest BCUT2D eigenvalue weighted by molar-refractivity contribution is 7.52. The first-order valence-corrected chi connectivity index (χ1v) is 15.7. The predicted octanol–water partition coefficient (Wildman–Crippen LogP) is 8.42. The highest BCUT2D eigenvalue weighted by Gasteiger charge is 2.35. The Labute approximate surface area is 211 Å². The fraction of sp³-hybridized carbons (Fsp3) is 0.963. The molecule has 1 heterocycles. The number of nitrogens with zero attached hydrogens (tertiary/aromatic N) is 3. The summed E-state index contributed by atoms with van der Waals surface area (Å²) >= 11 is 0. The molecule has 202 valence electrons. The molecule has 1 aliphatic rings. The summed E-state index contributed by atoms with van der Waals surface area (Å²) in [7, 11) is -1.56. The van der Waals surface area contributed by atoms with Crippen LogP contribution in [-0.4, -0.2) is 54.6 Å². The average molecular weight is 502 g/mol. The van der Waals surface area contributed by atoms with Crippen molar-refractivity contribution in [1.82, 2.24) is 9.80 Å². The zero-order chi connectivity index (χ0) is 25.3. The molecular formula is C27H56N3O3P. The van der Waals surface area contributed by atoms with Crippen molar-refractivity contribution in [2.45, 2.75) is 137 Å². The van der Waals surface area contributed by atoms with E-state index in [1.54, 1.807) is 0 Å². The third-order valence-electron chi connectivity index (χ3n) is 6.21. The number of guanidine groups is 1. The molecule has 0 bridgehead atoms. The minimum Gasteiger partial charge on any atom is -0.344 e. The molecule has 34 heavy (non-hydrogen) atoms. The van der Waals surface area contributed by atoms with E-state index < -0.39 is 13.3 Å². The molecule has 1 saturated heterocycles. The summed E-state index contributed by atoms with van der Waals surface area (Å²) < 4.78 is 30.0. The van der Waals surface area contributed by atoms with Crippen molar-refractivity contribution in [2.75, 3.05) is 33.3 Å². The van der Waals surface area contributed by atoms with Gasteiger partial charge < -0.3 is 9.80 Å². The first-order valence-electron chi connectivity index (χ1n) is 14.2. The molecule has 0 aromatic rings. The minimum atomic E-state index is -3.58. The highest BCUT2D eigenvalue weighted by atomic mass is 31.2. The van der Waals surface area contributed by atoms with Crippen molar-refractivity contribution in [3.63, 3.8) is 0 Å². The van der Waals surface area contributed by atoms with Crippen LogP contribution in [0.1, 0.15) is 131 Å². The Balaban J connectivity index is 2.54. The Hall–Kier alpha value is -0.580. The zero-order valence-corrected chi connectivity index (χ0v) is 24.3. The quantitative estimate of drug-likeness (QED) is 0.124. The van der Waals surface area contributed by atoms with E-state index in [0.29, 0.717) is 6.61 Å². The van der Waals surface area contributed by atoms with Gasteiger partial charge >= 0.3 is 7.75 Å². The molecule has 1 rings (SSSR count). The molecule has 0 aromatic carbocycles. The van der Waals surface area contributed by atoms with Crippen LogP contribution in [0.3, 0.4) is 0 Å². The van der Waals surface area contributed by atoms with Gasteiger partial charge in [-0.25, -0.2) is 4.57 Å². The number of hydrogen-bond donors (Lipinski definition) is 0. The Morgan fingerprint density at radius 1 is 0.794 bits per heavy atom. The number of unbranched alkanes of at least 4 members (excludes halogenated alkanes) is 13. The SMILES string of the molecule is CCCCCCCCCCCCN1CCN(C)/C1=N/P(=O)(OCCCCCCC)OC(C)(C)C. The van der Waals surface area contributed by atoms with Crippen LogP contribution in [0.25, 0.3) is 0 Å². The molecule has 1 fully saturated rings. The minimum absolute atomic E-state index is 0.427. The fourth-order valence-electron chi connectivity index (χ4n) is 4.27. The lowest BCUT2D eigenvalue weighted by Crippen LogP contribution is -2.32. The second-order valence-corrected chi connectivity index (χ2v) is 12.5. The first-order chi connectivity index (χ1) is 16.2. The van der Waals surface area contributed by atoms with E-state index in [2.05, 4.69) is 28.4 Å². The largest absolute Gasteiger partial charge is 0.457 e. The molecule has 7 heteroatoms. The van der Waals surface area contributed by atoms with Gasteiger partial charge in [-0.2, -0.15) is 0 Å². The van der Waals surface area contributed by atoms with Crippen molar-refractivity contribution in [2.24, 2.45) is 4.76 Å². The van der Waals surface area contributed by atoms with E-state index in [-0.39, 0.29) is 0 Å². The molecule has 0 saturated carbocycles. The van der Waals surface area contributed by atoms with Crippen molar-refractivity contribution >= 4 is 13.7 Å². The normalized spacial score (nSPS) is 17.6. The van der Waals surface area contributed by atoms with Crippen molar-refractivity contribution in [3.05, 3.63) is 0 Å². The van der Waals surface area contributed by atoms with Gasteiger partial charge in [-0.3, -0.25) is 9.05 Å². The third kappa shape index (κ3) is 14.7. The number of hydrogen-bond acceptors (Lipinski definition) is 3. The molecule has 6 nitrogen and oxygen atoms in total. The topological polar surface area (TPSA) is 54.4 Å². The van der Waals surface area contributed by atoms with E-state index >= 15 is 0 Å². The lowest BCUT2D eigenvalue weighted by Gasteiger charge is -2.27. The molecule has 0 aliphatic carbocycles. The average Bonchev–Trinajstić information content (AvgIpc) is 3.09. The molecule has 1 aliphatic heterocycles. The van der Waals surface area contributed by atoms with E-state index in [1.807, 2.05) is 27.8 Å². The van der Waals surface area contributed by atoms with Crippen LogP contribution >= 0.6 is 7.75 Å². The predicted molar refractivity (Wildman–Crippen MR) is 147 cm³/mol. The van der Waals surface area contributed by atoms with E-state index in [0.717, 1.165) is 44.9 Å². The summed E-state index contributed by atoms with van der Waals surface area (Å²) in [5.41, 5.74) is -0.583. The molecule has 1 atom stereocenters. The second-order valence-electron chi connectivity index (χ2n) is 10.9. The van der Waals surface area contributed by atoms with Gasteiger partial charge in [0.05, 0.1) is 12.2 Å². The standard InChI is InChI=1S/C27H56N3O3P/c1-7-9-11-13-14-15-16-17-18-20-22-30-24-23-29(6)26(30)28-34(31,33-27(3,4)5)32-25-21-19-12-10-8-2/h7-25H2,1-6H3/b28-26-. The van der Waals surface area contributed by atoms with Gasteiger partial charge in [-0.15, -0.1) is 4.76 Å². The lowest BCUT2D eigenvalue weighted by atomic mass is 10.1. The van der Waals surface area contributed by atoms with Gasteiger partial charge in [-0.05, 0) is 33.6 Å². The smallest absolute Gasteiger partial charge is 0.344 e. The maximum Gasteiger partial charge on any atom is 0.457 e. The third-order valence-corrected chi connectivity index (χ3v) is 7.93. The van der Waals surface area contributed by atoms with Crippen LogP contribution in [0.5, 0.6) is 0 Å². The summed E-state index contributed by atoms with van der Waals surface area (Å²) in [5, 5.41) is 0. The van der Waals surface area contributed by atoms with Gasteiger partial charge in [0.1, 0.15) is 0 Å². The van der Waals surface area contributed by atoms with Crippen LogP contribution in [0.4, 0.5) is 0 Å². The van der Waals surface area contributed by atoms with Gasteiger partial charge in [-0.1, -0.05) is 97.3 Å². The maximum absolute atomic E-state index is 13.6. The van der Waals surface area contributed by atoms with E-state index in [1.165, 1.54) is 77.0 Å². The number of rotatable bonds is 20. The van der Waals surface area contributed by atoms with Gasteiger partial charge in [0, 0.05) is 26.7 Å². The highest BCUT2D eigenvalue weighted by Crippen LogP contribution is 2.53. The Morgan fingerprint density at radius 3 is 1.82 bits per heavy atom. The molecule has 0 radical (unpaired) electrons. The summed E-state index contributed by atoms with van der Waals surface area (Å²) in [5.74, 6) is 0.759. The molecule has 0 spiro atoms. The second kappa shape index (κ2) is 17.8. The molecular weight excluding hydrogens is 445 g/mol. The molecule has 0 amide bonds. The Bertz CT molecular complexity index is 592. The van der Waals surface area contributed by atoms with Gasteiger partial charge in [0.2, 0.25) is 5.96 Å². The lowest BCUT2D eigenvalue weighted by molar-refractivity contribution is 0.0938. The van der Waals surface area contributed by atoms with Gasteiger partial charge in [0.15, 0.2) is 0 Å². The Kier molecular flexibility index (Phi) is 16.5. The molecule has 1 unspecified atom stereocenters. The van der Waals surface area contributed by atoms with Crippen molar-refractivity contribution in [3.8, 4) is 0 Å². The molecule has 0 N–H and O–H groups in total. The monoisotopic (exact) mass is 501 g/mol. The van der Waals surface area contributed by atoms with Crippen LogP contribution in [0, 0.1) is 0 Å². The van der Waals surface area contributed by atoms with Crippen LogP contribution < -0.4 is 0 Å². The fourth-order valence-corrected chi connectivity index (χ4v) is 5.97. The first kappa shape index (κ1) is 31.4. The van der Waals surface area contributed by atoms with Crippen molar-refractivity contribution in [1.29, 1.82) is 0 Å². The molecule has 0 aromatic heterocycles. The van der Waals surface area contributed by atoms with Crippen LogP contribution in [-0.2, 0) is 13.6 Å². The maximum atomic E-state index is 13.6. The van der Waals surface area contributed by atoms with Gasteiger partial charge in [0.25, 0.3) is 0 Å². The van der Waals surface area contributed by atoms with E-state index in [4.69, 9.17) is 9.05 Å². The number of likely N-dealkylation sites (N-methyl/N-ethyl adjacent to an activating group) is 1. The summed E-state index contributed by atoms with van der Waals surface area (Å²) in [4.78, 5) is 4.34. The Morgan fingerprint density at radius 2 is 1.29 bits per heavy atom. The van der Waals surface area contributed by atoms with Crippen molar-refractivity contribution < 1.29 is 13.6 Å².